The lowest BCUT2D eigenvalue weighted by molar-refractivity contribution is 0.320. The first-order valence-electron chi connectivity index (χ1n) is 6.18. The highest BCUT2D eigenvalue weighted by Gasteiger charge is 2.17. The second-order valence-electron chi connectivity index (χ2n) is 4.78. The molecule has 5 heteroatoms. The van der Waals surface area contributed by atoms with Crippen molar-refractivity contribution in [3.05, 3.63) is 35.9 Å². The minimum atomic E-state index is -3.70. The fraction of sp³-hybridized carbons (Fsp3) is 0.429. The van der Waals surface area contributed by atoms with Gasteiger partial charge in [0.25, 0.3) is 0 Å². The van der Waals surface area contributed by atoms with Crippen LogP contribution in [-0.4, -0.2) is 15.0 Å². The number of hydrogen-bond acceptors (Lipinski definition) is 3. The summed E-state index contributed by atoms with van der Waals surface area (Å²) in [4.78, 5) is 0.160. The van der Waals surface area contributed by atoms with Gasteiger partial charge in [0.2, 0.25) is 10.0 Å². The molecule has 0 bridgehead atoms. The summed E-state index contributed by atoms with van der Waals surface area (Å²) in [7, 11) is -3.70. The van der Waals surface area contributed by atoms with Gasteiger partial charge in [-0.2, -0.15) is 0 Å². The van der Waals surface area contributed by atoms with E-state index >= 15 is 0 Å². The molecule has 0 saturated heterocycles. The van der Waals surface area contributed by atoms with Crippen LogP contribution in [0.3, 0.4) is 0 Å². The summed E-state index contributed by atoms with van der Waals surface area (Å²) in [6.45, 7) is 9.84. The van der Waals surface area contributed by atoms with Crippen molar-refractivity contribution >= 4 is 10.0 Å². The van der Waals surface area contributed by atoms with Crippen LogP contribution in [0.5, 0.6) is 5.75 Å². The number of nitrogens with two attached hydrogens (primary N) is 1. The van der Waals surface area contributed by atoms with Crippen molar-refractivity contribution < 1.29 is 13.2 Å². The van der Waals surface area contributed by atoms with E-state index < -0.39 is 10.0 Å². The van der Waals surface area contributed by atoms with Gasteiger partial charge in [-0.15, -0.1) is 6.58 Å². The highest BCUT2D eigenvalue weighted by molar-refractivity contribution is 7.89. The maximum absolute atomic E-state index is 11.5. The van der Waals surface area contributed by atoms with Crippen molar-refractivity contribution in [1.82, 2.24) is 0 Å². The molecule has 0 aromatic heterocycles. The Morgan fingerprint density at radius 2 is 2.05 bits per heavy atom. The highest BCUT2D eigenvalue weighted by Crippen LogP contribution is 2.31. The van der Waals surface area contributed by atoms with Crippen LogP contribution in [0.4, 0.5) is 0 Å². The molecule has 0 radical (unpaired) electrons. The average Bonchev–Trinajstić information content (AvgIpc) is 2.27. The average molecular weight is 283 g/mol. The molecule has 0 aliphatic carbocycles. The van der Waals surface area contributed by atoms with Gasteiger partial charge in [0.1, 0.15) is 5.75 Å². The normalized spacial score (nSPS) is 11.6. The lowest BCUT2D eigenvalue weighted by Gasteiger charge is -2.16. The summed E-state index contributed by atoms with van der Waals surface area (Å²) < 4.78 is 28.7. The molecular weight excluding hydrogens is 262 g/mol. The second-order valence-corrected chi connectivity index (χ2v) is 6.31. The van der Waals surface area contributed by atoms with Gasteiger partial charge in [-0.05, 0) is 42.5 Å². The zero-order valence-electron chi connectivity index (χ0n) is 11.6. The first-order chi connectivity index (χ1) is 8.77. The van der Waals surface area contributed by atoms with E-state index in [9.17, 15) is 8.42 Å². The Morgan fingerprint density at radius 1 is 1.42 bits per heavy atom. The van der Waals surface area contributed by atoms with Crippen LogP contribution < -0.4 is 9.88 Å². The van der Waals surface area contributed by atoms with Crippen LogP contribution in [0.15, 0.2) is 29.7 Å². The van der Waals surface area contributed by atoms with Gasteiger partial charge < -0.3 is 4.74 Å². The van der Waals surface area contributed by atoms with Gasteiger partial charge in [-0.1, -0.05) is 19.9 Å². The molecule has 0 atom stereocenters. The SMILES string of the molecule is C=CCCOc1cc(C)c(S(N)(=O)=O)cc1C(C)C. The van der Waals surface area contributed by atoms with Crippen molar-refractivity contribution in [2.75, 3.05) is 6.61 Å². The Hall–Kier alpha value is -1.33. The third-order valence-corrected chi connectivity index (χ3v) is 3.87. The van der Waals surface area contributed by atoms with Gasteiger partial charge in [-0.25, -0.2) is 13.6 Å². The van der Waals surface area contributed by atoms with E-state index in [0.717, 1.165) is 12.0 Å². The Labute approximate surface area is 115 Å². The number of rotatable bonds is 6. The van der Waals surface area contributed by atoms with E-state index in [-0.39, 0.29) is 10.8 Å². The van der Waals surface area contributed by atoms with Gasteiger partial charge in [0, 0.05) is 0 Å². The predicted molar refractivity (Wildman–Crippen MR) is 77.0 cm³/mol. The number of primary sulfonamides is 1. The van der Waals surface area contributed by atoms with Crippen LogP contribution in [0.25, 0.3) is 0 Å². The van der Waals surface area contributed by atoms with Crippen LogP contribution in [0.2, 0.25) is 0 Å². The van der Waals surface area contributed by atoms with Crippen molar-refractivity contribution in [2.24, 2.45) is 5.14 Å². The molecule has 1 aromatic rings. The molecule has 0 amide bonds. The monoisotopic (exact) mass is 283 g/mol. The lowest BCUT2D eigenvalue weighted by Crippen LogP contribution is -2.15. The Bertz CT molecular complexity index is 562. The van der Waals surface area contributed by atoms with Gasteiger partial charge >= 0.3 is 0 Å². The molecule has 0 aliphatic rings. The molecule has 0 spiro atoms. The largest absolute Gasteiger partial charge is 0.493 e. The third-order valence-electron chi connectivity index (χ3n) is 2.82. The Morgan fingerprint density at radius 3 is 2.53 bits per heavy atom. The maximum Gasteiger partial charge on any atom is 0.238 e. The van der Waals surface area contributed by atoms with Crippen LogP contribution >= 0.6 is 0 Å². The summed E-state index contributed by atoms with van der Waals surface area (Å²) in [6, 6.07) is 3.34. The van der Waals surface area contributed by atoms with E-state index in [1.165, 1.54) is 0 Å². The van der Waals surface area contributed by atoms with Gasteiger partial charge in [0.15, 0.2) is 0 Å². The minimum absolute atomic E-state index is 0.153. The molecule has 0 fully saturated rings. The molecule has 106 valence electrons. The van der Waals surface area contributed by atoms with Crippen LogP contribution in [-0.2, 0) is 10.0 Å². The summed E-state index contributed by atoms with van der Waals surface area (Å²) in [5, 5.41) is 5.22. The summed E-state index contributed by atoms with van der Waals surface area (Å²) >= 11 is 0. The number of hydrogen-bond donors (Lipinski definition) is 1. The van der Waals surface area contributed by atoms with E-state index in [1.54, 1.807) is 25.1 Å². The molecule has 4 nitrogen and oxygen atoms in total. The van der Waals surface area contributed by atoms with Crippen molar-refractivity contribution in [1.29, 1.82) is 0 Å². The number of aryl methyl sites for hydroxylation is 1. The van der Waals surface area contributed by atoms with E-state index in [4.69, 9.17) is 9.88 Å². The summed E-state index contributed by atoms with van der Waals surface area (Å²) in [6.07, 6.45) is 2.52. The third kappa shape index (κ3) is 4.08. The first-order valence-corrected chi connectivity index (χ1v) is 7.73. The quantitative estimate of drug-likeness (QED) is 0.644. The van der Waals surface area contributed by atoms with Crippen molar-refractivity contribution in [2.45, 2.75) is 38.0 Å². The molecule has 0 unspecified atom stereocenters. The van der Waals surface area contributed by atoms with Crippen molar-refractivity contribution in [3.8, 4) is 5.75 Å². The molecule has 0 heterocycles. The van der Waals surface area contributed by atoms with Crippen molar-refractivity contribution in [3.63, 3.8) is 0 Å². The smallest absolute Gasteiger partial charge is 0.238 e. The predicted octanol–water partition coefficient (Wildman–Crippen LogP) is 2.72. The van der Waals surface area contributed by atoms with E-state index in [1.807, 2.05) is 13.8 Å². The summed E-state index contributed by atoms with van der Waals surface area (Å²) in [5.74, 6) is 0.863. The van der Waals surface area contributed by atoms with Gasteiger partial charge in [-0.3, -0.25) is 0 Å². The lowest BCUT2D eigenvalue weighted by atomic mass is 10.0. The highest BCUT2D eigenvalue weighted by atomic mass is 32.2. The Balaban J connectivity index is 3.25. The second kappa shape index (κ2) is 6.21. The molecule has 0 saturated carbocycles. The molecule has 19 heavy (non-hydrogen) atoms. The van der Waals surface area contributed by atoms with E-state index in [2.05, 4.69) is 6.58 Å². The first kappa shape index (κ1) is 15.7. The standard InChI is InChI=1S/C14H21NO3S/c1-5-6-7-18-13-8-11(4)14(19(15,16)17)9-12(13)10(2)3/h5,8-10H,1,6-7H2,2-4H3,(H2,15,16,17). The molecule has 1 aromatic carbocycles. The van der Waals surface area contributed by atoms with Gasteiger partial charge in [0.05, 0.1) is 11.5 Å². The fourth-order valence-electron chi connectivity index (χ4n) is 1.81. The topological polar surface area (TPSA) is 69.4 Å². The van der Waals surface area contributed by atoms with Crippen LogP contribution in [0, 0.1) is 6.92 Å². The number of ether oxygens (including phenoxy) is 1. The number of sulfonamides is 1. The Kier molecular flexibility index (Phi) is 5.14. The fourth-order valence-corrected chi connectivity index (χ4v) is 2.61. The van der Waals surface area contributed by atoms with E-state index in [0.29, 0.717) is 17.9 Å². The molecule has 2 N–H and O–H groups in total. The number of benzene rings is 1. The molecule has 1 rings (SSSR count). The summed E-state index contributed by atoms with van der Waals surface area (Å²) in [5.41, 5.74) is 1.44. The molecular formula is C14H21NO3S. The zero-order chi connectivity index (χ0) is 14.6. The maximum atomic E-state index is 11.5. The molecule has 0 aliphatic heterocycles. The van der Waals surface area contributed by atoms with Crippen LogP contribution in [0.1, 0.15) is 37.3 Å². The minimum Gasteiger partial charge on any atom is -0.493 e. The zero-order valence-corrected chi connectivity index (χ0v) is 12.5.